The number of rotatable bonds is 2. The molecule has 0 bridgehead atoms. The molecule has 0 fully saturated rings. The van der Waals surface area contributed by atoms with E-state index in [4.69, 9.17) is 0 Å². The average molecular weight is 251 g/mol. The molecule has 0 aromatic heterocycles. The Kier molecular flexibility index (Phi) is 4.90. The molecule has 2 aromatic rings. The second kappa shape index (κ2) is 5.98. The number of hydrogen-bond donors (Lipinski definition) is 0. The zero-order chi connectivity index (χ0) is 8.93. The molecule has 0 amide bonds. The van der Waals surface area contributed by atoms with Gasteiger partial charge in [0.1, 0.15) is 0 Å². The van der Waals surface area contributed by atoms with E-state index in [1.807, 2.05) is 0 Å². The van der Waals surface area contributed by atoms with Gasteiger partial charge in [-0.05, 0) is 10.6 Å². The number of hydrogen-bond acceptors (Lipinski definition) is 0. The van der Waals surface area contributed by atoms with Crippen molar-refractivity contribution in [3.8, 4) is 0 Å². The minimum absolute atomic E-state index is 0. The Bertz CT molecular complexity index is 326. The summed E-state index contributed by atoms with van der Waals surface area (Å²) in [5.74, 6) is 0. The summed E-state index contributed by atoms with van der Waals surface area (Å²) in [7, 11) is 0.777. The SMILES string of the molecule is [Cu].[H-].c1ccc(Pc2ccccc2)cc1. The Balaban J connectivity index is 0.000000980. The standard InChI is InChI=1S/C12H11P.Cu.H/c1-3-7-11(8-4-1)13-12-9-5-2-6-10-12;;/h1-10,13H;;/q;;-1. The Labute approximate surface area is 98.5 Å². The molecular weight excluding hydrogens is 239 g/mol. The van der Waals surface area contributed by atoms with Gasteiger partial charge < -0.3 is 1.43 Å². The summed E-state index contributed by atoms with van der Waals surface area (Å²) >= 11 is 0. The zero-order valence-corrected chi connectivity index (χ0v) is 9.52. The van der Waals surface area contributed by atoms with Gasteiger partial charge in [0.15, 0.2) is 0 Å². The topological polar surface area (TPSA) is 0 Å². The summed E-state index contributed by atoms with van der Waals surface area (Å²) in [6.07, 6.45) is 0. The molecule has 2 rings (SSSR count). The van der Waals surface area contributed by atoms with Crippen molar-refractivity contribution < 1.29 is 18.5 Å². The smallest absolute Gasteiger partial charge is 0 e. The Hall–Kier alpha value is -0.611. The van der Waals surface area contributed by atoms with Gasteiger partial charge >= 0.3 is 0 Å². The van der Waals surface area contributed by atoms with Gasteiger partial charge in [0.25, 0.3) is 0 Å². The van der Waals surface area contributed by atoms with Crippen molar-refractivity contribution in [2.24, 2.45) is 0 Å². The first kappa shape index (κ1) is 11.5. The molecule has 0 unspecified atom stereocenters. The maximum atomic E-state index is 2.17. The van der Waals surface area contributed by atoms with Crippen LogP contribution in [0.3, 0.4) is 0 Å². The van der Waals surface area contributed by atoms with Gasteiger partial charge in [-0.15, -0.1) is 0 Å². The summed E-state index contributed by atoms with van der Waals surface area (Å²) in [6.45, 7) is 0. The number of benzene rings is 2. The van der Waals surface area contributed by atoms with E-state index in [2.05, 4.69) is 60.7 Å². The van der Waals surface area contributed by atoms with Crippen molar-refractivity contribution in [3.05, 3.63) is 60.7 Å². The average Bonchev–Trinajstić information content (AvgIpc) is 2.21. The van der Waals surface area contributed by atoms with E-state index in [1.165, 1.54) is 10.6 Å². The largest absolute Gasteiger partial charge is 1.00 e. The molecule has 2 aromatic carbocycles. The predicted octanol–water partition coefficient (Wildman–Crippen LogP) is 2.43. The maximum Gasteiger partial charge on any atom is 0 e. The molecule has 0 saturated heterocycles. The first-order valence-corrected chi connectivity index (χ1v) is 5.32. The fourth-order valence-corrected chi connectivity index (χ4v) is 2.26. The Morgan fingerprint density at radius 1 is 0.643 bits per heavy atom. The molecule has 0 spiro atoms. The van der Waals surface area contributed by atoms with Crippen LogP contribution in [0, 0.1) is 0 Å². The molecule has 0 heterocycles. The molecule has 0 saturated carbocycles. The van der Waals surface area contributed by atoms with Crippen LogP contribution in [0.1, 0.15) is 1.43 Å². The third-order valence-corrected chi connectivity index (χ3v) is 3.08. The van der Waals surface area contributed by atoms with Crippen LogP contribution in [0.15, 0.2) is 60.7 Å². The molecule has 0 aliphatic carbocycles. The van der Waals surface area contributed by atoms with Gasteiger partial charge in [-0.1, -0.05) is 69.2 Å². The van der Waals surface area contributed by atoms with E-state index in [9.17, 15) is 0 Å². The third kappa shape index (κ3) is 3.27. The summed E-state index contributed by atoms with van der Waals surface area (Å²) in [5, 5.41) is 2.79. The van der Waals surface area contributed by atoms with Crippen LogP contribution < -0.4 is 10.6 Å². The zero-order valence-electron chi connectivity index (χ0n) is 8.58. The first-order chi connectivity index (χ1) is 6.45. The van der Waals surface area contributed by atoms with E-state index in [0.717, 1.165) is 8.58 Å². The predicted molar refractivity (Wildman–Crippen MR) is 61.6 cm³/mol. The molecule has 0 nitrogen and oxygen atoms in total. The minimum atomic E-state index is 0. The van der Waals surface area contributed by atoms with Gasteiger partial charge in [-0.3, -0.25) is 0 Å². The summed E-state index contributed by atoms with van der Waals surface area (Å²) in [5.41, 5.74) is 0. The van der Waals surface area contributed by atoms with Crippen LogP contribution in [-0.2, 0) is 17.1 Å². The van der Waals surface area contributed by atoms with Crippen molar-refractivity contribution >= 4 is 19.2 Å². The molecule has 1 radical (unpaired) electrons. The van der Waals surface area contributed by atoms with Crippen LogP contribution in [0.5, 0.6) is 0 Å². The molecular formula is C12H12CuP-. The maximum absolute atomic E-state index is 2.17. The van der Waals surface area contributed by atoms with Gasteiger partial charge in [-0.25, -0.2) is 0 Å². The van der Waals surface area contributed by atoms with E-state index in [0.29, 0.717) is 0 Å². The van der Waals surface area contributed by atoms with E-state index in [1.54, 1.807) is 0 Å². The quantitative estimate of drug-likeness (QED) is 0.567. The van der Waals surface area contributed by atoms with Crippen LogP contribution in [0.25, 0.3) is 0 Å². The molecule has 0 aliphatic rings. The molecule has 2 heteroatoms. The Morgan fingerprint density at radius 3 is 1.36 bits per heavy atom. The summed E-state index contributed by atoms with van der Waals surface area (Å²) in [6, 6.07) is 21.2. The van der Waals surface area contributed by atoms with Crippen molar-refractivity contribution in [3.63, 3.8) is 0 Å². The molecule has 0 N–H and O–H groups in total. The summed E-state index contributed by atoms with van der Waals surface area (Å²) in [4.78, 5) is 0. The van der Waals surface area contributed by atoms with Crippen molar-refractivity contribution in [1.82, 2.24) is 0 Å². The summed E-state index contributed by atoms with van der Waals surface area (Å²) < 4.78 is 0. The third-order valence-electron chi connectivity index (χ3n) is 1.84. The van der Waals surface area contributed by atoms with E-state index in [-0.39, 0.29) is 18.5 Å². The van der Waals surface area contributed by atoms with E-state index >= 15 is 0 Å². The van der Waals surface area contributed by atoms with Crippen molar-refractivity contribution in [2.45, 2.75) is 0 Å². The first-order valence-electron chi connectivity index (χ1n) is 4.32. The van der Waals surface area contributed by atoms with Crippen molar-refractivity contribution in [1.29, 1.82) is 0 Å². The molecule has 77 valence electrons. The second-order valence-electron chi connectivity index (χ2n) is 2.86. The van der Waals surface area contributed by atoms with Crippen LogP contribution >= 0.6 is 8.58 Å². The fraction of sp³-hybridized carbons (Fsp3) is 0. The fourth-order valence-electron chi connectivity index (χ4n) is 1.21. The van der Waals surface area contributed by atoms with Crippen LogP contribution in [-0.4, -0.2) is 0 Å². The molecule has 0 atom stereocenters. The normalized spacial score (nSPS) is 9.14. The van der Waals surface area contributed by atoms with Crippen LogP contribution in [0.4, 0.5) is 0 Å². The van der Waals surface area contributed by atoms with E-state index < -0.39 is 0 Å². The molecule has 0 aliphatic heterocycles. The second-order valence-corrected chi connectivity index (χ2v) is 4.26. The monoisotopic (exact) mass is 250 g/mol. The molecule has 14 heavy (non-hydrogen) atoms. The van der Waals surface area contributed by atoms with Gasteiger partial charge in [-0.2, -0.15) is 0 Å². The van der Waals surface area contributed by atoms with Crippen molar-refractivity contribution in [2.75, 3.05) is 0 Å². The van der Waals surface area contributed by atoms with Crippen LogP contribution in [0.2, 0.25) is 0 Å². The van der Waals surface area contributed by atoms with Gasteiger partial charge in [0, 0.05) is 17.1 Å². The van der Waals surface area contributed by atoms with Gasteiger partial charge in [0.05, 0.1) is 0 Å². The Morgan fingerprint density at radius 2 is 1.00 bits per heavy atom. The minimum Gasteiger partial charge on any atom is -1.00 e. The van der Waals surface area contributed by atoms with Gasteiger partial charge in [0.2, 0.25) is 0 Å².